The van der Waals surface area contributed by atoms with Gasteiger partial charge in [0.05, 0.1) is 0 Å². The first-order valence-electron chi connectivity index (χ1n) is 6.05. The zero-order valence-corrected chi connectivity index (χ0v) is 10.2. The van der Waals surface area contributed by atoms with Gasteiger partial charge in [-0.15, -0.1) is 0 Å². The summed E-state index contributed by atoms with van der Waals surface area (Å²) in [6.07, 6.45) is 6.14. The van der Waals surface area contributed by atoms with Crippen LogP contribution in [0.2, 0.25) is 0 Å². The van der Waals surface area contributed by atoms with Crippen molar-refractivity contribution in [3.63, 3.8) is 0 Å². The van der Waals surface area contributed by atoms with Gasteiger partial charge < -0.3 is 10.4 Å². The molecular weight excluding hydrogens is 216 g/mol. The van der Waals surface area contributed by atoms with E-state index in [1.807, 2.05) is 19.1 Å². The van der Waals surface area contributed by atoms with E-state index in [-0.39, 0.29) is 18.6 Å². The first-order valence-corrected chi connectivity index (χ1v) is 6.05. The second-order valence-corrected chi connectivity index (χ2v) is 4.04. The van der Waals surface area contributed by atoms with E-state index >= 15 is 0 Å². The van der Waals surface area contributed by atoms with Gasteiger partial charge in [0.15, 0.2) is 0 Å². The lowest BCUT2D eigenvalue weighted by Crippen LogP contribution is -2.35. The second kappa shape index (κ2) is 7.79. The Labute approximate surface area is 102 Å². The van der Waals surface area contributed by atoms with Gasteiger partial charge in [-0.25, -0.2) is 0 Å². The summed E-state index contributed by atoms with van der Waals surface area (Å²) in [5, 5.41) is 11.8. The maximum Gasteiger partial charge on any atom is 0.220 e. The maximum atomic E-state index is 11.7. The highest BCUT2D eigenvalue weighted by molar-refractivity contribution is 5.76. The summed E-state index contributed by atoms with van der Waals surface area (Å²) < 4.78 is 0. The molecule has 94 valence electrons. The maximum absolute atomic E-state index is 11.7. The number of aliphatic hydroxyl groups excluding tert-OH is 1. The highest BCUT2D eigenvalue weighted by atomic mass is 16.3. The van der Waals surface area contributed by atoms with Crippen LogP contribution in [0.5, 0.6) is 0 Å². The van der Waals surface area contributed by atoms with Crippen LogP contribution in [0.1, 0.15) is 31.7 Å². The van der Waals surface area contributed by atoms with Crippen molar-refractivity contribution in [1.82, 2.24) is 10.3 Å². The second-order valence-electron chi connectivity index (χ2n) is 4.04. The van der Waals surface area contributed by atoms with E-state index in [2.05, 4.69) is 10.3 Å². The molecule has 1 unspecified atom stereocenters. The SMILES string of the molecule is CCC(CCO)NC(=O)CCc1ccncc1. The minimum absolute atomic E-state index is 0.0436. The average molecular weight is 236 g/mol. The van der Waals surface area contributed by atoms with Gasteiger partial charge in [0, 0.05) is 31.5 Å². The Hall–Kier alpha value is -1.42. The fourth-order valence-corrected chi connectivity index (χ4v) is 1.64. The van der Waals surface area contributed by atoms with E-state index in [0.29, 0.717) is 12.8 Å². The first-order chi connectivity index (χ1) is 8.26. The van der Waals surface area contributed by atoms with Crippen LogP contribution in [0.3, 0.4) is 0 Å². The van der Waals surface area contributed by atoms with Crippen molar-refractivity contribution < 1.29 is 9.90 Å². The highest BCUT2D eigenvalue weighted by Crippen LogP contribution is 2.02. The molecule has 1 rings (SSSR count). The van der Waals surface area contributed by atoms with Gasteiger partial charge in [0.2, 0.25) is 5.91 Å². The third-order valence-corrected chi connectivity index (χ3v) is 2.73. The van der Waals surface area contributed by atoms with E-state index in [4.69, 9.17) is 5.11 Å². The number of nitrogens with one attached hydrogen (secondary N) is 1. The number of hydrogen-bond acceptors (Lipinski definition) is 3. The smallest absolute Gasteiger partial charge is 0.220 e. The third-order valence-electron chi connectivity index (χ3n) is 2.73. The zero-order chi connectivity index (χ0) is 12.5. The molecule has 4 nitrogen and oxygen atoms in total. The summed E-state index contributed by atoms with van der Waals surface area (Å²) in [7, 11) is 0. The van der Waals surface area contributed by atoms with Gasteiger partial charge in [-0.1, -0.05) is 6.92 Å². The summed E-state index contributed by atoms with van der Waals surface area (Å²) in [6, 6.07) is 3.92. The Morgan fingerprint density at radius 3 is 2.76 bits per heavy atom. The van der Waals surface area contributed by atoms with Crippen molar-refractivity contribution in [1.29, 1.82) is 0 Å². The minimum atomic E-state index is 0.0436. The van der Waals surface area contributed by atoms with Gasteiger partial charge in [-0.05, 0) is 37.0 Å². The third kappa shape index (κ3) is 5.45. The Balaban J connectivity index is 2.30. The predicted molar refractivity (Wildman–Crippen MR) is 66.5 cm³/mol. The van der Waals surface area contributed by atoms with Gasteiger partial charge >= 0.3 is 0 Å². The molecule has 0 aliphatic rings. The molecule has 4 heteroatoms. The first kappa shape index (κ1) is 13.6. The number of nitrogens with zero attached hydrogens (tertiary/aromatic N) is 1. The fraction of sp³-hybridized carbons (Fsp3) is 0.538. The number of rotatable bonds is 7. The van der Waals surface area contributed by atoms with Crippen molar-refractivity contribution in [2.45, 2.75) is 38.6 Å². The van der Waals surface area contributed by atoms with Crippen LogP contribution >= 0.6 is 0 Å². The lowest BCUT2D eigenvalue weighted by atomic mass is 10.1. The van der Waals surface area contributed by atoms with Crippen LogP contribution in [-0.2, 0) is 11.2 Å². The number of aliphatic hydroxyl groups is 1. The van der Waals surface area contributed by atoms with Gasteiger partial charge in [0.25, 0.3) is 0 Å². The molecule has 1 heterocycles. The van der Waals surface area contributed by atoms with Crippen molar-refractivity contribution in [2.75, 3.05) is 6.61 Å². The molecule has 0 bridgehead atoms. The van der Waals surface area contributed by atoms with E-state index < -0.39 is 0 Å². The molecule has 0 aliphatic heterocycles. The highest BCUT2D eigenvalue weighted by Gasteiger charge is 2.09. The zero-order valence-electron chi connectivity index (χ0n) is 10.2. The molecule has 0 spiro atoms. The van der Waals surface area contributed by atoms with Crippen LogP contribution in [0.25, 0.3) is 0 Å². The molecule has 0 saturated carbocycles. The molecule has 0 aromatic carbocycles. The van der Waals surface area contributed by atoms with Gasteiger partial charge in [0.1, 0.15) is 0 Å². The summed E-state index contributed by atoms with van der Waals surface area (Å²) in [5.74, 6) is 0.0436. The number of carbonyl (C=O) groups is 1. The number of aryl methyl sites for hydroxylation is 1. The van der Waals surface area contributed by atoms with Crippen LogP contribution in [0, 0.1) is 0 Å². The van der Waals surface area contributed by atoms with Crippen molar-refractivity contribution in [3.8, 4) is 0 Å². The standard InChI is InChI=1S/C13H20N2O2/c1-2-12(7-10-16)15-13(17)4-3-11-5-8-14-9-6-11/h5-6,8-9,12,16H,2-4,7,10H2,1H3,(H,15,17). The lowest BCUT2D eigenvalue weighted by molar-refractivity contribution is -0.121. The van der Waals surface area contributed by atoms with Crippen molar-refractivity contribution in [2.24, 2.45) is 0 Å². The Kier molecular flexibility index (Phi) is 6.25. The Morgan fingerprint density at radius 1 is 1.47 bits per heavy atom. The lowest BCUT2D eigenvalue weighted by Gasteiger charge is -2.15. The molecule has 1 amide bonds. The summed E-state index contributed by atoms with van der Waals surface area (Å²) in [5.41, 5.74) is 1.12. The minimum Gasteiger partial charge on any atom is -0.396 e. The summed E-state index contributed by atoms with van der Waals surface area (Å²) >= 11 is 0. The van der Waals surface area contributed by atoms with Crippen LogP contribution in [-0.4, -0.2) is 28.6 Å². The molecule has 0 aliphatic carbocycles. The molecule has 0 saturated heterocycles. The quantitative estimate of drug-likeness (QED) is 0.750. The van der Waals surface area contributed by atoms with Gasteiger partial charge in [-0.3, -0.25) is 9.78 Å². The number of aromatic nitrogens is 1. The molecular formula is C13H20N2O2. The number of carbonyl (C=O) groups excluding carboxylic acids is 1. The normalized spacial score (nSPS) is 12.1. The number of pyridine rings is 1. The fourth-order valence-electron chi connectivity index (χ4n) is 1.64. The van der Waals surface area contributed by atoms with Crippen LogP contribution < -0.4 is 5.32 Å². The molecule has 17 heavy (non-hydrogen) atoms. The monoisotopic (exact) mass is 236 g/mol. The van der Waals surface area contributed by atoms with Crippen LogP contribution in [0.15, 0.2) is 24.5 Å². The predicted octanol–water partition coefficient (Wildman–Crippen LogP) is 1.29. The Morgan fingerprint density at radius 2 is 2.18 bits per heavy atom. The molecule has 0 fully saturated rings. The topological polar surface area (TPSA) is 62.2 Å². The van der Waals surface area contributed by atoms with E-state index in [1.54, 1.807) is 12.4 Å². The number of amides is 1. The molecule has 1 atom stereocenters. The summed E-state index contributed by atoms with van der Waals surface area (Å²) in [6.45, 7) is 2.12. The summed E-state index contributed by atoms with van der Waals surface area (Å²) in [4.78, 5) is 15.6. The molecule has 1 aromatic heterocycles. The van der Waals surface area contributed by atoms with Crippen molar-refractivity contribution >= 4 is 5.91 Å². The van der Waals surface area contributed by atoms with Crippen molar-refractivity contribution in [3.05, 3.63) is 30.1 Å². The molecule has 1 aromatic rings. The Bertz CT molecular complexity index is 327. The van der Waals surface area contributed by atoms with Crippen LogP contribution in [0.4, 0.5) is 0 Å². The van der Waals surface area contributed by atoms with E-state index in [0.717, 1.165) is 18.4 Å². The van der Waals surface area contributed by atoms with E-state index in [9.17, 15) is 4.79 Å². The largest absolute Gasteiger partial charge is 0.396 e. The van der Waals surface area contributed by atoms with E-state index in [1.165, 1.54) is 0 Å². The number of hydrogen-bond donors (Lipinski definition) is 2. The molecule has 2 N–H and O–H groups in total. The average Bonchev–Trinajstić information content (AvgIpc) is 2.37. The molecule has 0 radical (unpaired) electrons. The van der Waals surface area contributed by atoms with Gasteiger partial charge in [-0.2, -0.15) is 0 Å².